The third kappa shape index (κ3) is 4.36. The molecule has 1 aromatic carbocycles. The summed E-state index contributed by atoms with van der Waals surface area (Å²) in [6.07, 6.45) is 0.815. The summed E-state index contributed by atoms with van der Waals surface area (Å²) in [6, 6.07) is 5.71. The summed E-state index contributed by atoms with van der Waals surface area (Å²) in [5, 5.41) is 6.30. The largest absolute Gasteiger partial charge is 0.497 e. The monoisotopic (exact) mass is 322 g/mol. The van der Waals surface area contributed by atoms with E-state index in [-0.39, 0.29) is 17.7 Å². The van der Waals surface area contributed by atoms with Crippen LogP contribution in [0.1, 0.15) is 17.9 Å². The lowest BCUT2D eigenvalue weighted by Gasteiger charge is -2.21. The third-order valence-corrected chi connectivity index (χ3v) is 4.21. The van der Waals surface area contributed by atoms with Crippen LogP contribution < -0.4 is 20.1 Å². The van der Waals surface area contributed by atoms with Crippen molar-refractivity contribution in [2.75, 3.05) is 47.6 Å². The first-order valence-corrected chi connectivity index (χ1v) is 7.90. The number of carbonyl (C=O) groups is 1. The third-order valence-electron chi connectivity index (χ3n) is 4.21. The second kappa shape index (κ2) is 8.74. The highest BCUT2D eigenvalue weighted by Gasteiger charge is 2.35. The summed E-state index contributed by atoms with van der Waals surface area (Å²) < 4.78 is 15.8. The Morgan fingerprint density at radius 3 is 2.78 bits per heavy atom. The zero-order chi connectivity index (χ0) is 16.7. The van der Waals surface area contributed by atoms with Gasteiger partial charge in [-0.05, 0) is 24.6 Å². The van der Waals surface area contributed by atoms with Crippen molar-refractivity contribution < 1.29 is 19.0 Å². The number of hydrogen-bond donors (Lipinski definition) is 2. The van der Waals surface area contributed by atoms with Gasteiger partial charge in [-0.25, -0.2) is 0 Å². The molecule has 2 rings (SSSR count). The average Bonchev–Trinajstić information content (AvgIpc) is 3.07. The zero-order valence-electron chi connectivity index (χ0n) is 14.1. The number of amides is 1. The van der Waals surface area contributed by atoms with Crippen LogP contribution in [0.3, 0.4) is 0 Å². The number of rotatable bonds is 8. The van der Waals surface area contributed by atoms with Crippen molar-refractivity contribution in [3.63, 3.8) is 0 Å². The predicted molar refractivity (Wildman–Crippen MR) is 88.1 cm³/mol. The number of hydrogen-bond acceptors (Lipinski definition) is 5. The second-order valence-electron chi connectivity index (χ2n) is 5.62. The Hall–Kier alpha value is -1.79. The first-order valence-electron chi connectivity index (χ1n) is 7.90. The van der Waals surface area contributed by atoms with Crippen LogP contribution in [0.15, 0.2) is 18.2 Å². The van der Waals surface area contributed by atoms with E-state index < -0.39 is 0 Å². The first kappa shape index (κ1) is 17.6. The van der Waals surface area contributed by atoms with Gasteiger partial charge >= 0.3 is 0 Å². The quantitative estimate of drug-likeness (QED) is 0.703. The highest BCUT2D eigenvalue weighted by atomic mass is 16.5. The molecule has 1 heterocycles. The van der Waals surface area contributed by atoms with E-state index in [1.165, 1.54) is 0 Å². The van der Waals surface area contributed by atoms with Gasteiger partial charge in [-0.15, -0.1) is 0 Å². The summed E-state index contributed by atoms with van der Waals surface area (Å²) >= 11 is 0. The molecule has 0 spiro atoms. The molecule has 6 nitrogen and oxygen atoms in total. The summed E-state index contributed by atoms with van der Waals surface area (Å²) in [5.74, 6) is 1.59. The van der Waals surface area contributed by atoms with Gasteiger partial charge in [0.2, 0.25) is 5.91 Å². The fourth-order valence-electron chi connectivity index (χ4n) is 2.97. The van der Waals surface area contributed by atoms with Gasteiger partial charge in [0.25, 0.3) is 0 Å². The van der Waals surface area contributed by atoms with E-state index in [9.17, 15) is 4.79 Å². The lowest BCUT2D eigenvalue weighted by molar-refractivity contribution is -0.124. The van der Waals surface area contributed by atoms with Crippen molar-refractivity contribution in [2.45, 2.75) is 12.3 Å². The van der Waals surface area contributed by atoms with E-state index in [2.05, 4.69) is 10.6 Å². The van der Waals surface area contributed by atoms with Crippen LogP contribution in [0, 0.1) is 5.92 Å². The Bertz CT molecular complexity index is 521. The molecule has 0 radical (unpaired) electrons. The molecule has 1 saturated heterocycles. The minimum absolute atomic E-state index is 0.0703. The van der Waals surface area contributed by atoms with Crippen LogP contribution in [0.5, 0.6) is 11.5 Å². The molecule has 6 heteroatoms. The van der Waals surface area contributed by atoms with Crippen LogP contribution in [-0.4, -0.2) is 53.5 Å². The number of carbonyl (C=O) groups excluding carboxylic acids is 1. The van der Waals surface area contributed by atoms with E-state index >= 15 is 0 Å². The molecule has 0 bridgehead atoms. The number of ether oxygens (including phenoxy) is 3. The minimum Gasteiger partial charge on any atom is -0.497 e. The molecule has 1 aliphatic heterocycles. The number of methoxy groups -OCH3 is 3. The Morgan fingerprint density at radius 2 is 2.09 bits per heavy atom. The summed E-state index contributed by atoms with van der Waals surface area (Å²) in [5.41, 5.74) is 1.01. The second-order valence-corrected chi connectivity index (χ2v) is 5.62. The normalized spacial score (nSPS) is 20.3. The van der Waals surface area contributed by atoms with Crippen molar-refractivity contribution in [1.29, 1.82) is 0 Å². The lowest BCUT2D eigenvalue weighted by atomic mass is 9.87. The number of nitrogens with one attached hydrogen (secondary N) is 2. The molecule has 2 N–H and O–H groups in total. The van der Waals surface area contributed by atoms with E-state index in [1.807, 2.05) is 18.2 Å². The zero-order valence-corrected chi connectivity index (χ0v) is 14.1. The van der Waals surface area contributed by atoms with Gasteiger partial charge in [-0.3, -0.25) is 4.79 Å². The van der Waals surface area contributed by atoms with E-state index in [0.29, 0.717) is 19.7 Å². The summed E-state index contributed by atoms with van der Waals surface area (Å²) in [4.78, 5) is 12.5. The van der Waals surface area contributed by atoms with Crippen LogP contribution in [0.2, 0.25) is 0 Å². The van der Waals surface area contributed by atoms with Crippen LogP contribution >= 0.6 is 0 Å². The van der Waals surface area contributed by atoms with Crippen molar-refractivity contribution in [2.24, 2.45) is 5.92 Å². The highest BCUT2D eigenvalue weighted by Crippen LogP contribution is 2.36. The molecule has 23 heavy (non-hydrogen) atoms. The molecule has 2 atom stereocenters. The highest BCUT2D eigenvalue weighted by molar-refractivity contribution is 5.80. The fourth-order valence-corrected chi connectivity index (χ4v) is 2.97. The molecule has 0 saturated carbocycles. The molecular weight excluding hydrogens is 296 g/mol. The van der Waals surface area contributed by atoms with Gasteiger partial charge in [0.05, 0.1) is 20.1 Å². The van der Waals surface area contributed by atoms with Crippen molar-refractivity contribution in [3.8, 4) is 11.5 Å². The fraction of sp³-hybridized carbons (Fsp3) is 0.588. The smallest absolute Gasteiger partial charge is 0.225 e. The SMILES string of the molecule is COCCCNC(=O)C1CNCC1c1cc(OC)ccc1OC. The van der Waals surface area contributed by atoms with Crippen molar-refractivity contribution in [3.05, 3.63) is 23.8 Å². The Kier molecular flexibility index (Phi) is 6.67. The van der Waals surface area contributed by atoms with E-state index in [0.717, 1.165) is 30.0 Å². The molecule has 1 aromatic rings. The van der Waals surface area contributed by atoms with Gasteiger partial charge in [0, 0.05) is 44.8 Å². The predicted octanol–water partition coefficient (Wildman–Crippen LogP) is 1.16. The van der Waals surface area contributed by atoms with Gasteiger partial charge in [0.1, 0.15) is 11.5 Å². The summed E-state index contributed by atoms with van der Waals surface area (Å²) in [7, 11) is 4.94. The minimum atomic E-state index is -0.112. The molecule has 0 aliphatic carbocycles. The molecule has 2 unspecified atom stereocenters. The topological polar surface area (TPSA) is 68.8 Å². The van der Waals surface area contributed by atoms with Crippen LogP contribution in [0.25, 0.3) is 0 Å². The molecule has 1 fully saturated rings. The number of benzene rings is 1. The van der Waals surface area contributed by atoms with Gasteiger partial charge in [-0.1, -0.05) is 0 Å². The van der Waals surface area contributed by atoms with Crippen molar-refractivity contribution in [1.82, 2.24) is 10.6 Å². The van der Waals surface area contributed by atoms with Crippen LogP contribution in [-0.2, 0) is 9.53 Å². The van der Waals surface area contributed by atoms with E-state index in [4.69, 9.17) is 14.2 Å². The first-order chi connectivity index (χ1) is 11.2. The molecule has 1 aliphatic rings. The maximum Gasteiger partial charge on any atom is 0.225 e. The molecule has 0 aromatic heterocycles. The lowest BCUT2D eigenvalue weighted by Crippen LogP contribution is -2.35. The Balaban J connectivity index is 2.10. The summed E-state index contributed by atoms with van der Waals surface area (Å²) in [6.45, 7) is 2.70. The van der Waals surface area contributed by atoms with Crippen LogP contribution in [0.4, 0.5) is 0 Å². The standard InChI is InChI=1S/C17H26N2O4/c1-21-8-4-7-19-17(20)15-11-18-10-14(15)13-9-12(22-2)5-6-16(13)23-3/h5-6,9,14-15,18H,4,7-8,10-11H2,1-3H3,(H,19,20). The molecule has 128 valence electrons. The maximum atomic E-state index is 12.5. The molecule has 1 amide bonds. The van der Waals surface area contributed by atoms with Gasteiger partial charge < -0.3 is 24.8 Å². The Morgan fingerprint density at radius 1 is 1.26 bits per heavy atom. The average molecular weight is 322 g/mol. The van der Waals surface area contributed by atoms with Gasteiger partial charge in [-0.2, -0.15) is 0 Å². The van der Waals surface area contributed by atoms with E-state index in [1.54, 1.807) is 21.3 Å². The van der Waals surface area contributed by atoms with Gasteiger partial charge in [0.15, 0.2) is 0 Å². The molecular formula is C17H26N2O4. The Labute approximate surface area is 137 Å². The maximum absolute atomic E-state index is 12.5. The van der Waals surface area contributed by atoms with Crippen molar-refractivity contribution >= 4 is 5.91 Å².